The number of anilines is 1. The minimum Gasteiger partial charge on any atom is -0.459 e. The molecule has 0 aliphatic carbocycles. The van der Waals surface area contributed by atoms with E-state index >= 15 is 0 Å². The molecule has 0 aliphatic heterocycles. The Bertz CT molecular complexity index is 715. The summed E-state index contributed by atoms with van der Waals surface area (Å²) in [4.78, 5) is 0. The standard InChI is InChI=1S/C15H17N3O2/c1-2-18-9-11(8-17-18)7-16-13-3-4-15-12(5-13)6-14(10-19)20-15/h3-6,8-9,16,19H,2,7,10H2,1H3. The molecular weight excluding hydrogens is 254 g/mol. The zero-order valence-corrected chi connectivity index (χ0v) is 11.3. The molecule has 0 spiro atoms. The Balaban J connectivity index is 1.73. The first-order valence-electron chi connectivity index (χ1n) is 6.67. The number of furan rings is 1. The summed E-state index contributed by atoms with van der Waals surface area (Å²) in [5.41, 5.74) is 2.96. The lowest BCUT2D eigenvalue weighted by atomic mass is 10.2. The van der Waals surface area contributed by atoms with Crippen LogP contribution >= 0.6 is 0 Å². The van der Waals surface area contributed by atoms with E-state index in [0.29, 0.717) is 5.76 Å². The van der Waals surface area contributed by atoms with Crippen LogP contribution < -0.4 is 5.32 Å². The molecule has 2 N–H and O–H groups in total. The molecule has 2 aromatic heterocycles. The lowest BCUT2D eigenvalue weighted by Gasteiger charge is -2.04. The second-order valence-corrected chi connectivity index (χ2v) is 4.68. The summed E-state index contributed by atoms with van der Waals surface area (Å²) in [6.45, 7) is 3.60. The molecule has 0 saturated carbocycles. The normalized spacial score (nSPS) is 11.1. The van der Waals surface area contributed by atoms with E-state index in [1.807, 2.05) is 41.3 Å². The van der Waals surface area contributed by atoms with Crippen LogP contribution in [0.25, 0.3) is 11.0 Å². The molecule has 1 aromatic carbocycles. The van der Waals surface area contributed by atoms with Gasteiger partial charge in [-0.1, -0.05) is 0 Å². The van der Waals surface area contributed by atoms with E-state index in [1.165, 1.54) is 0 Å². The number of hydrogen-bond donors (Lipinski definition) is 2. The number of nitrogens with one attached hydrogen (secondary N) is 1. The van der Waals surface area contributed by atoms with Crippen LogP contribution in [0.15, 0.2) is 41.1 Å². The smallest absolute Gasteiger partial charge is 0.134 e. The summed E-state index contributed by atoms with van der Waals surface area (Å²) in [6.07, 6.45) is 3.91. The van der Waals surface area contributed by atoms with Crippen LogP contribution in [0.3, 0.4) is 0 Å². The molecule has 0 fully saturated rings. The summed E-state index contributed by atoms with van der Waals surface area (Å²) in [7, 11) is 0. The molecule has 5 nitrogen and oxygen atoms in total. The first-order valence-corrected chi connectivity index (χ1v) is 6.67. The van der Waals surface area contributed by atoms with Crippen molar-refractivity contribution in [3.63, 3.8) is 0 Å². The minimum atomic E-state index is -0.0757. The molecule has 0 bridgehead atoms. The molecule has 104 valence electrons. The fourth-order valence-corrected chi connectivity index (χ4v) is 2.16. The minimum absolute atomic E-state index is 0.0757. The van der Waals surface area contributed by atoms with Gasteiger partial charge in [0.25, 0.3) is 0 Å². The highest BCUT2D eigenvalue weighted by Gasteiger charge is 2.04. The highest BCUT2D eigenvalue weighted by atomic mass is 16.4. The summed E-state index contributed by atoms with van der Waals surface area (Å²) in [5.74, 6) is 0.585. The van der Waals surface area contributed by atoms with E-state index in [2.05, 4.69) is 17.3 Å². The van der Waals surface area contributed by atoms with Gasteiger partial charge in [-0.25, -0.2) is 0 Å². The van der Waals surface area contributed by atoms with Gasteiger partial charge in [0.1, 0.15) is 18.0 Å². The third kappa shape index (κ3) is 2.53. The molecule has 0 unspecified atom stereocenters. The molecular formula is C15H17N3O2. The van der Waals surface area contributed by atoms with Crippen molar-refractivity contribution in [1.82, 2.24) is 9.78 Å². The van der Waals surface area contributed by atoms with Gasteiger partial charge < -0.3 is 14.8 Å². The van der Waals surface area contributed by atoms with E-state index in [4.69, 9.17) is 9.52 Å². The number of nitrogens with zero attached hydrogens (tertiary/aromatic N) is 2. The largest absolute Gasteiger partial charge is 0.459 e. The first-order chi connectivity index (χ1) is 9.78. The van der Waals surface area contributed by atoms with Crippen LogP contribution in [0.5, 0.6) is 0 Å². The van der Waals surface area contributed by atoms with Crippen LogP contribution in [-0.2, 0) is 19.7 Å². The Hall–Kier alpha value is -2.27. The van der Waals surface area contributed by atoms with E-state index in [-0.39, 0.29) is 6.61 Å². The van der Waals surface area contributed by atoms with Crippen LogP contribution in [0.4, 0.5) is 5.69 Å². The van der Waals surface area contributed by atoms with Crippen molar-refractivity contribution in [2.45, 2.75) is 26.6 Å². The fourth-order valence-electron chi connectivity index (χ4n) is 2.16. The van der Waals surface area contributed by atoms with Gasteiger partial charge in [0.05, 0.1) is 6.20 Å². The zero-order valence-electron chi connectivity index (χ0n) is 11.3. The molecule has 3 rings (SSSR count). The van der Waals surface area contributed by atoms with Gasteiger partial charge in [0, 0.05) is 35.9 Å². The number of hydrogen-bond acceptors (Lipinski definition) is 4. The van der Waals surface area contributed by atoms with Crippen molar-refractivity contribution in [3.05, 3.63) is 48.0 Å². The van der Waals surface area contributed by atoms with E-state index < -0.39 is 0 Å². The Kier molecular flexibility index (Phi) is 3.43. The maximum Gasteiger partial charge on any atom is 0.134 e. The topological polar surface area (TPSA) is 63.2 Å². The summed E-state index contributed by atoms with van der Waals surface area (Å²) >= 11 is 0. The number of benzene rings is 1. The van der Waals surface area contributed by atoms with Crippen molar-refractivity contribution >= 4 is 16.7 Å². The first kappa shape index (κ1) is 12.7. The Morgan fingerprint density at radius 1 is 1.35 bits per heavy atom. The number of aliphatic hydroxyl groups excluding tert-OH is 1. The third-order valence-electron chi connectivity index (χ3n) is 3.23. The molecule has 2 heterocycles. The van der Waals surface area contributed by atoms with Crippen molar-refractivity contribution in [2.75, 3.05) is 5.32 Å². The van der Waals surface area contributed by atoms with Crippen LogP contribution in [0, 0.1) is 0 Å². The van der Waals surface area contributed by atoms with Gasteiger partial charge in [0.15, 0.2) is 0 Å². The summed E-state index contributed by atoms with van der Waals surface area (Å²) in [6, 6.07) is 7.75. The third-order valence-corrected chi connectivity index (χ3v) is 3.23. The number of fused-ring (bicyclic) bond motifs is 1. The maximum absolute atomic E-state index is 9.07. The number of aryl methyl sites for hydroxylation is 1. The van der Waals surface area contributed by atoms with Gasteiger partial charge in [-0.2, -0.15) is 5.10 Å². The Labute approximate surface area is 116 Å². The van der Waals surface area contributed by atoms with Gasteiger partial charge in [0.2, 0.25) is 0 Å². The van der Waals surface area contributed by atoms with Crippen molar-refractivity contribution in [1.29, 1.82) is 0 Å². The van der Waals surface area contributed by atoms with Gasteiger partial charge in [-0.05, 0) is 31.2 Å². The Morgan fingerprint density at radius 2 is 2.25 bits per heavy atom. The Morgan fingerprint density at radius 3 is 3.00 bits per heavy atom. The molecule has 0 saturated heterocycles. The maximum atomic E-state index is 9.07. The van der Waals surface area contributed by atoms with Crippen molar-refractivity contribution in [3.8, 4) is 0 Å². The lowest BCUT2D eigenvalue weighted by molar-refractivity contribution is 0.251. The van der Waals surface area contributed by atoms with Crippen LogP contribution in [0.1, 0.15) is 18.2 Å². The number of aromatic nitrogens is 2. The van der Waals surface area contributed by atoms with E-state index in [1.54, 1.807) is 0 Å². The second kappa shape index (κ2) is 5.38. The van der Waals surface area contributed by atoms with Crippen LogP contribution in [0.2, 0.25) is 0 Å². The van der Waals surface area contributed by atoms with Gasteiger partial charge >= 0.3 is 0 Å². The van der Waals surface area contributed by atoms with Crippen molar-refractivity contribution in [2.24, 2.45) is 0 Å². The molecule has 0 radical (unpaired) electrons. The van der Waals surface area contributed by atoms with E-state index in [9.17, 15) is 0 Å². The zero-order chi connectivity index (χ0) is 13.9. The van der Waals surface area contributed by atoms with Crippen LogP contribution in [-0.4, -0.2) is 14.9 Å². The fraction of sp³-hybridized carbons (Fsp3) is 0.267. The SMILES string of the molecule is CCn1cc(CNc2ccc3oc(CO)cc3c2)cn1. The van der Waals surface area contributed by atoms with Crippen molar-refractivity contribution < 1.29 is 9.52 Å². The monoisotopic (exact) mass is 271 g/mol. The quantitative estimate of drug-likeness (QED) is 0.749. The van der Waals surface area contributed by atoms with E-state index in [0.717, 1.165) is 35.3 Å². The molecule has 0 atom stereocenters. The second-order valence-electron chi connectivity index (χ2n) is 4.68. The molecule has 20 heavy (non-hydrogen) atoms. The predicted molar refractivity (Wildman–Crippen MR) is 77.4 cm³/mol. The van der Waals surface area contributed by atoms with Gasteiger partial charge in [-0.3, -0.25) is 4.68 Å². The molecule has 0 amide bonds. The summed E-state index contributed by atoms with van der Waals surface area (Å²) in [5, 5.41) is 17.7. The lowest BCUT2D eigenvalue weighted by Crippen LogP contribution is -1.98. The average Bonchev–Trinajstić information content (AvgIpc) is 3.10. The van der Waals surface area contributed by atoms with Gasteiger partial charge in [-0.15, -0.1) is 0 Å². The molecule has 5 heteroatoms. The molecule has 0 aliphatic rings. The highest BCUT2D eigenvalue weighted by Crippen LogP contribution is 2.23. The number of aliphatic hydroxyl groups is 1. The average molecular weight is 271 g/mol. The highest BCUT2D eigenvalue weighted by molar-refractivity contribution is 5.81. The number of rotatable bonds is 5. The summed E-state index contributed by atoms with van der Waals surface area (Å²) < 4.78 is 7.37. The predicted octanol–water partition coefficient (Wildman–Crippen LogP) is 2.75. The molecule has 3 aromatic rings.